The number of halogens is 1. The third-order valence-electron chi connectivity index (χ3n) is 16.1. The van der Waals surface area contributed by atoms with Gasteiger partial charge in [0.2, 0.25) is 0 Å². The molecule has 0 N–H and O–H groups in total. The standard InChI is InChI=1S/C55H49N2O.C15H15FN.Ir/c1-33(2)42-29-38(37-27-25-36(26-28-37)35-17-10-9-11-18-35)30-43(34(3)4)51(42)57-49-24-15-14-23-48(49)56-53(57)41-21-16-20-40-45-31-47-44(32-50(45)58-52(40)41)39-19-12-13-22-46(39)54(5,6)55(47,7)8;1-15(2,3)12-6-9-14(17-10-12)11-4-7-13(16)8-5-11;/h9-20,22-34H,1-8H3;4,6-10H,1-3H3;/q2*-1;. The molecule has 0 atom stereocenters. The maximum Gasteiger partial charge on any atom is 0.121 e. The minimum absolute atomic E-state index is 0. The van der Waals surface area contributed by atoms with Crippen LogP contribution in [0.15, 0.2) is 180 Å². The van der Waals surface area contributed by atoms with Crippen LogP contribution in [-0.4, -0.2) is 14.5 Å². The Morgan fingerprint density at radius 2 is 1.24 bits per heavy atom. The molecule has 1 radical (unpaired) electrons. The van der Waals surface area contributed by atoms with Crippen LogP contribution in [0.25, 0.3) is 94.7 Å². The van der Waals surface area contributed by atoms with Crippen LogP contribution in [0.4, 0.5) is 4.39 Å². The first-order valence-electron chi connectivity index (χ1n) is 26.4. The van der Waals surface area contributed by atoms with Gasteiger partial charge in [0.15, 0.2) is 0 Å². The molecule has 11 aromatic rings. The zero-order valence-electron chi connectivity index (χ0n) is 45.4. The second-order valence-corrected chi connectivity index (χ2v) is 23.0. The average Bonchev–Trinajstić information content (AvgIpc) is 4.06. The molecule has 0 spiro atoms. The Bertz CT molecular complexity index is 3880. The predicted octanol–water partition coefficient (Wildman–Crippen LogP) is 19.2. The van der Waals surface area contributed by atoms with E-state index in [0.717, 1.165) is 55.6 Å². The minimum atomic E-state index is -0.278. The fraction of sp³-hybridized carbons (Fsp3) is 0.229. The van der Waals surface area contributed by atoms with Gasteiger partial charge in [0, 0.05) is 43.2 Å². The normalized spacial score (nSPS) is 13.6. The van der Waals surface area contributed by atoms with E-state index in [1.807, 2.05) is 12.3 Å². The minimum Gasteiger partial charge on any atom is -0.501 e. The van der Waals surface area contributed by atoms with E-state index < -0.39 is 0 Å². The van der Waals surface area contributed by atoms with E-state index in [1.54, 1.807) is 6.07 Å². The Morgan fingerprint density at radius 3 is 1.88 bits per heavy atom. The van der Waals surface area contributed by atoms with Crippen molar-refractivity contribution >= 4 is 33.0 Å². The first-order chi connectivity index (χ1) is 35.9. The third-order valence-corrected chi connectivity index (χ3v) is 16.1. The van der Waals surface area contributed by atoms with Crippen LogP contribution in [0.1, 0.15) is 116 Å². The molecule has 1 aliphatic carbocycles. The molecule has 0 aliphatic heterocycles. The van der Waals surface area contributed by atoms with Crippen LogP contribution in [-0.2, 0) is 36.4 Å². The Hall–Kier alpha value is -7.24. The van der Waals surface area contributed by atoms with E-state index in [-0.39, 0.29) is 54.0 Å². The van der Waals surface area contributed by atoms with E-state index in [9.17, 15) is 4.39 Å². The molecule has 0 fully saturated rings. The van der Waals surface area contributed by atoms with Gasteiger partial charge in [-0.1, -0.05) is 190 Å². The van der Waals surface area contributed by atoms with Crippen LogP contribution >= 0.6 is 0 Å². The van der Waals surface area contributed by atoms with Gasteiger partial charge in [0.1, 0.15) is 5.58 Å². The third kappa shape index (κ3) is 9.14. The van der Waals surface area contributed by atoms with Crippen molar-refractivity contribution in [1.82, 2.24) is 14.5 Å². The van der Waals surface area contributed by atoms with Crippen LogP contribution in [0.3, 0.4) is 0 Å². The molecule has 12 rings (SSSR count). The van der Waals surface area contributed by atoms with Gasteiger partial charge in [-0.25, -0.2) is 0 Å². The van der Waals surface area contributed by atoms with Crippen molar-refractivity contribution in [3.05, 3.63) is 222 Å². The molecule has 0 bridgehead atoms. The number of fused-ring (bicyclic) bond motifs is 7. The van der Waals surface area contributed by atoms with Crippen LogP contribution < -0.4 is 0 Å². The fourth-order valence-corrected chi connectivity index (χ4v) is 11.1. The molecule has 8 aromatic carbocycles. The van der Waals surface area contributed by atoms with Gasteiger partial charge in [0.05, 0.1) is 22.4 Å². The summed E-state index contributed by atoms with van der Waals surface area (Å²) in [5.74, 6) is 1.06. The number of hydrogen-bond donors (Lipinski definition) is 0. The number of nitrogens with zero attached hydrogens (tertiary/aromatic N) is 3. The van der Waals surface area contributed by atoms with E-state index in [4.69, 9.17) is 9.40 Å². The SMILES string of the molecule is CC(C)(C)c1ccc(-c2[c-]cc(F)cc2)nc1.CC(C)c1cc(-c2ccc(-c3ccccc3)cc2)cc(C(C)C)c1-n1c(-c2[c-]ccc3c2oc2cc4c(cc23)C(C)(C)C(C)(C)c2ccccc2-4)nc2ccccc21.[Ir]. The second kappa shape index (κ2) is 20.0. The first kappa shape index (κ1) is 52.2. The van der Waals surface area contributed by atoms with Crippen molar-refractivity contribution in [2.24, 2.45) is 0 Å². The van der Waals surface area contributed by atoms with Gasteiger partial charge in [-0.05, 0) is 131 Å². The molecule has 0 saturated carbocycles. The van der Waals surface area contributed by atoms with Gasteiger partial charge >= 0.3 is 0 Å². The zero-order chi connectivity index (χ0) is 52.6. The molecule has 0 saturated heterocycles. The Balaban J connectivity index is 0.000000311. The average molecular weight is 1170 g/mol. The van der Waals surface area contributed by atoms with Crippen LogP contribution in [0.2, 0.25) is 0 Å². The number of pyridine rings is 1. The van der Waals surface area contributed by atoms with Crippen molar-refractivity contribution in [3.63, 3.8) is 0 Å². The zero-order valence-corrected chi connectivity index (χ0v) is 47.8. The molecule has 6 heteroatoms. The van der Waals surface area contributed by atoms with Crippen molar-refractivity contribution in [3.8, 4) is 61.7 Å². The molecule has 3 aromatic heterocycles. The summed E-state index contributed by atoms with van der Waals surface area (Å²) in [6.45, 7) is 25.2. The predicted molar refractivity (Wildman–Crippen MR) is 310 cm³/mol. The van der Waals surface area contributed by atoms with Crippen molar-refractivity contribution in [1.29, 1.82) is 0 Å². The van der Waals surface area contributed by atoms with E-state index in [0.29, 0.717) is 0 Å². The maximum atomic E-state index is 12.8. The van der Waals surface area contributed by atoms with Crippen molar-refractivity contribution in [2.45, 2.75) is 104 Å². The number of benzene rings is 8. The number of hydrogen-bond acceptors (Lipinski definition) is 3. The summed E-state index contributed by atoms with van der Waals surface area (Å²) in [6.07, 6.45) is 1.87. The van der Waals surface area contributed by atoms with Gasteiger partial charge in [-0.2, -0.15) is 0 Å². The fourth-order valence-electron chi connectivity index (χ4n) is 11.1. The van der Waals surface area contributed by atoms with E-state index in [1.165, 1.54) is 79.0 Å². The summed E-state index contributed by atoms with van der Waals surface area (Å²) in [4.78, 5) is 9.81. The maximum absolute atomic E-state index is 12.8. The Labute approximate surface area is 461 Å². The van der Waals surface area contributed by atoms with E-state index in [2.05, 4.69) is 243 Å². The quantitative estimate of drug-likeness (QED) is 0.149. The molecule has 0 unspecified atom stereocenters. The molecular weight excluding hydrogens is 1110 g/mol. The monoisotopic (exact) mass is 1170 g/mol. The van der Waals surface area contributed by atoms with Gasteiger partial charge in [0.25, 0.3) is 0 Å². The molecule has 383 valence electrons. The molecule has 76 heavy (non-hydrogen) atoms. The summed E-state index contributed by atoms with van der Waals surface area (Å²) in [5, 5.41) is 2.21. The van der Waals surface area contributed by atoms with Crippen LogP contribution in [0.5, 0.6) is 0 Å². The van der Waals surface area contributed by atoms with Gasteiger partial charge < -0.3 is 14.0 Å². The summed E-state index contributed by atoms with van der Waals surface area (Å²) in [5.41, 5.74) is 21.2. The number of furan rings is 1. The summed E-state index contributed by atoms with van der Waals surface area (Å²) >= 11 is 0. The first-order valence-corrected chi connectivity index (χ1v) is 26.4. The van der Waals surface area contributed by atoms with Gasteiger partial charge in [-0.3, -0.25) is 9.37 Å². The Kier molecular flexibility index (Phi) is 13.8. The molecule has 3 heterocycles. The van der Waals surface area contributed by atoms with Crippen molar-refractivity contribution < 1.29 is 28.9 Å². The van der Waals surface area contributed by atoms with Gasteiger partial charge in [-0.15, -0.1) is 48.0 Å². The molecule has 0 amide bonds. The number of aromatic nitrogens is 3. The second-order valence-electron chi connectivity index (χ2n) is 23.0. The topological polar surface area (TPSA) is 43.9 Å². The summed E-state index contributed by atoms with van der Waals surface area (Å²) < 4.78 is 22.2. The number of imidazole rings is 1. The molecular formula is C70H64FIrN3O-2. The smallest absolute Gasteiger partial charge is 0.121 e. The molecule has 1 aliphatic rings. The Morgan fingerprint density at radius 1 is 0.605 bits per heavy atom. The molecule has 4 nitrogen and oxygen atoms in total. The summed E-state index contributed by atoms with van der Waals surface area (Å²) in [7, 11) is 0. The van der Waals surface area contributed by atoms with Crippen LogP contribution in [0, 0.1) is 17.9 Å². The number of rotatable bonds is 7. The largest absolute Gasteiger partial charge is 0.501 e. The summed E-state index contributed by atoms with van der Waals surface area (Å²) in [6, 6.07) is 65.7. The van der Waals surface area contributed by atoms with E-state index >= 15 is 0 Å². The van der Waals surface area contributed by atoms with Crippen molar-refractivity contribution in [2.75, 3.05) is 0 Å². The number of para-hydroxylation sites is 2.